The van der Waals surface area contributed by atoms with E-state index >= 15 is 0 Å². The van der Waals surface area contributed by atoms with Crippen molar-refractivity contribution in [1.29, 1.82) is 0 Å². The lowest BCUT2D eigenvalue weighted by molar-refractivity contribution is 0.104. The van der Waals surface area contributed by atoms with Gasteiger partial charge in [-0.05, 0) is 24.3 Å². The van der Waals surface area contributed by atoms with Gasteiger partial charge in [-0.1, -0.05) is 0 Å². The molecule has 0 amide bonds. The highest BCUT2D eigenvalue weighted by Crippen LogP contribution is 2.39. The number of methoxy groups -OCH3 is 5. The Morgan fingerprint density at radius 1 is 0.815 bits per heavy atom. The fourth-order valence-electron chi connectivity index (χ4n) is 2.52. The maximum absolute atomic E-state index is 12.6. The zero-order valence-electron chi connectivity index (χ0n) is 15.9. The molecule has 27 heavy (non-hydrogen) atoms. The van der Waals surface area contributed by atoms with Gasteiger partial charge in [0.15, 0.2) is 17.3 Å². The van der Waals surface area contributed by atoms with Crippen molar-refractivity contribution in [3.63, 3.8) is 0 Å². The van der Waals surface area contributed by atoms with E-state index in [0.29, 0.717) is 39.9 Å². The van der Waals surface area contributed by atoms with Gasteiger partial charge in [-0.2, -0.15) is 0 Å². The Morgan fingerprint density at radius 2 is 1.41 bits per heavy atom. The minimum Gasteiger partial charge on any atom is -0.507 e. The third-order valence-electron chi connectivity index (χ3n) is 3.90. The second kappa shape index (κ2) is 8.84. The van der Waals surface area contributed by atoms with E-state index in [-0.39, 0.29) is 11.5 Å². The second-order valence-corrected chi connectivity index (χ2v) is 5.37. The SMILES string of the molecule is COc1cc(O)c(C=CC(=O)c2cc(OC)c(OC)c(OC)c2)c(OC)c1. The maximum atomic E-state index is 12.6. The van der Waals surface area contributed by atoms with Crippen molar-refractivity contribution in [2.45, 2.75) is 0 Å². The molecule has 0 aliphatic rings. The Hall–Kier alpha value is -3.35. The Bertz CT molecular complexity index is 831. The van der Waals surface area contributed by atoms with Crippen molar-refractivity contribution in [3.05, 3.63) is 41.5 Å². The minimum atomic E-state index is -0.313. The summed E-state index contributed by atoms with van der Waals surface area (Å²) in [7, 11) is 7.38. The molecule has 0 saturated heterocycles. The Kier molecular flexibility index (Phi) is 6.54. The van der Waals surface area contributed by atoms with Gasteiger partial charge >= 0.3 is 0 Å². The highest BCUT2D eigenvalue weighted by Gasteiger charge is 2.16. The van der Waals surface area contributed by atoms with Gasteiger partial charge in [-0.15, -0.1) is 0 Å². The van der Waals surface area contributed by atoms with Crippen LogP contribution in [0.25, 0.3) is 6.08 Å². The molecule has 0 radical (unpaired) electrons. The first-order valence-electron chi connectivity index (χ1n) is 7.96. The molecule has 0 bridgehead atoms. The van der Waals surface area contributed by atoms with Crippen LogP contribution in [0, 0.1) is 0 Å². The summed E-state index contributed by atoms with van der Waals surface area (Å²) >= 11 is 0. The topological polar surface area (TPSA) is 83.5 Å². The fourth-order valence-corrected chi connectivity index (χ4v) is 2.52. The van der Waals surface area contributed by atoms with Gasteiger partial charge < -0.3 is 28.8 Å². The van der Waals surface area contributed by atoms with Crippen molar-refractivity contribution in [2.75, 3.05) is 35.5 Å². The zero-order valence-corrected chi connectivity index (χ0v) is 15.9. The maximum Gasteiger partial charge on any atom is 0.203 e. The van der Waals surface area contributed by atoms with Gasteiger partial charge in [0.2, 0.25) is 5.75 Å². The largest absolute Gasteiger partial charge is 0.507 e. The number of ketones is 1. The molecule has 0 aromatic heterocycles. The van der Waals surface area contributed by atoms with Crippen LogP contribution in [-0.2, 0) is 0 Å². The van der Waals surface area contributed by atoms with Crippen molar-refractivity contribution in [2.24, 2.45) is 0 Å². The van der Waals surface area contributed by atoms with E-state index in [4.69, 9.17) is 23.7 Å². The average Bonchev–Trinajstić information content (AvgIpc) is 2.70. The molecular weight excluding hydrogens is 352 g/mol. The number of phenolic OH excluding ortho intramolecular Hbond substituents is 1. The van der Waals surface area contributed by atoms with Crippen LogP contribution < -0.4 is 23.7 Å². The van der Waals surface area contributed by atoms with Crippen LogP contribution in [0.5, 0.6) is 34.5 Å². The molecule has 0 unspecified atom stereocenters. The van der Waals surface area contributed by atoms with E-state index in [9.17, 15) is 9.90 Å². The number of phenols is 1. The molecule has 0 spiro atoms. The van der Waals surface area contributed by atoms with Gasteiger partial charge in [0, 0.05) is 17.7 Å². The van der Waals surface area contributed by atoms with E-state index in [1.165, 1.54) is 53.8 Å². The summed E-state index contributed by atoms with van der Waals surface area (Å²) in [5.41, 5.74) is 0.701. The van der Waals surface area contributed by atoms with Gasteiger partial charge in [0.25, 0.3) is 0 Å². The van der Waals surface area contributed by atoms with Crippen LogP contribution in [-0.4, -0.2) is 46.4 Å². The fraction of sp³-hybridized carbons (Fsp3) is 0.250. The lowest BCUT2D eigenvalue weighted by atomic mass is 10.1. The minimum absolute atomic E-state index is 0.0693. The number of hydrogen-bond donors (Lipinski definition) is 1. The van der Waals surface area contributed by atoms with Crippen LogP contribution in [0.15, 0.2) is 30.3 Å². The van der Waals surface area contributed by atoms with Crippen molar-refractivity contribution < 1.29 is 33.6 Å². The first-order chi connectivity index (χ1) is 13.0. The predicted molar refractivity (Wildman–Crippen MR) is 101 cm³/mol. The number of benzene rings is 2. The Labute approximate surface area is 157 Å². The van der Waals surface area contributed by atoms with E-state index in [1.807, 2.05) is 0 Å². The highest BCUT2D eigenvalue weighted by molar-refractivity contribution is 6.07. The molecular formula is C20H22O7. The van der Waals surface area contributed by atoms with Crippen LogP contribution in [0.4, 0.5) is 0 Å². The number of carbonyl (C=O) groups excluding carboxylic acids is 1. The van der Waals surface area contributed by atoms with Crippen molar-refractivity contribution >= 4 is 11.9 Å². The molecule has 0 aliphatic heterocycles. The quantitative estimate of drug-likeness (QED) is 0.560. The van der Waals surface area contributed by atoms with E-state index in [2.05, 4.69) is 0 Å². The Balaban J connectivity index is 2.40. The van der Waals surface area contributed by atoms with Gasteiger partial charge in [0.05, 0.1) is 41.1 Å². The summed E-state index contributed by atoms with van der Waals surface area (Å²) in [6.45, 7) is 0. The monoisotopic (exact) mass is 374 g/mol. The van der Waals surface area contributed by atoms with Gasteiger partial charge in [-0.25, -0.2) is 0 Å². The molecule has 0 heterocycles. The first-order valence-corrected chi connectivity index (χ1v) is 7.96. The van der Waals surface area contributed by atoms with E-state index in [1.54, 1.807) is 18.2 Å². The number of ether oxygens (including phenoxy) is 5. The Morgan fingerprint density at radius 3 is 1.89 bits per heavy atom. The molecule has 7 heteroatoms. The third kappa shape index (κ3) is 4.25. The standard InChI is InChI=1S/C20H22O7/c1-23-13-10-16(22)14(17(11-13)24-2)6-7-15(21)12-8-18(25-3)20(27-5)19(9-12)26-4/h6-11,22H,1-5H3. The summed E-state index contributed by atoms with van der Waals surface area (Å²) in [5, 5.41) is 10.2. The first kappa shape index (κ1) is 20.0. The van der Waals surface area contributed by atoms with E-state index < -0.39 is 0 Å². The molecule has 7 nitrogen and oxygen atoms in total. The second-order valence-electron chi connectivity index (χ2n) is 5.37. The predicted octanol–water partition coefficient (Wildman–Crippen LogP) is 3.33. The normalized spacial score (nSPS) is 10.6. The molecule has 0 aliphatic carbocycles. The molecule has 2 aromatic carbocycles. The van der Waals surface area contributed by atoms with Crippen molar-refractivity contribution in [3.8, 4) is 34.5 Å². The van der Waals surface area contributed by atoms with Crippen LogP contribution in [0.1, 0.15) is 15.9 Å². The molecule has 2 aromatic rings. The number of aromatic hydroxyl groups is 1. The molecule has 1 N–H and O–H groups in total. The molecule has 0 fully saturated rings. The van der Waals surface area contributed by atoms with Crippen LogP contribution in [0.2, 0.25) is 0 Å². The highest BCUT2D eigenvalue weighted by atomic mass is 16.5. The summed E-state index contributed by atoms with van der Waals surface area (Å²) in [5.74, 6) is 1.58. The zero-order chi connectivity index (χ0) is 20.0. The van der Waals surface area contributed by atoms with Gasteiger partial charge in [0.1, 0.15) is 17.2 Å². The average molecular weight is 374 g/mol. The number of allylic oxidation sites excluding steroid dienone is 1. The van der Waals surface area contributed by atoms with Gasteiger partial charge in [-0.3, -0.25) is 4.79 Å². The number of carbonyl (C=O) groups is 1. The molecule has 2 rings (SSSR count). The van der Waals surface area contributed by atoms with Crippen molar-refractivity contribution in [1.82, 2.24) is 0 Å². The summed E-state index contributed by atoms with van der Waals surface area (Å²) in [6.07, 6.45) is 2.80. The van der Waals surface area contributed by atoms with Crippen LogP contribution in [0.3, 0.4) is 0 Å². The van der Waals surface area contributed by atoms with E-state index in [0.717, 1.165) is 0 Å². The third-order valence-corrected chi connectivity index (χ3v) is 3.90. The summed E-state index contributed by atoms with van der Waals surface area (Å²) < 4.78 is 26.1. The molecule has 0 saturated carbocycles. The summed E-state index contributed by atoms with van der Waals surface area (Å²) in [6, 6.07) is 6.16. The molecule has 144 valence electrons. The number of hydrogen-bond acceptors (Lipinski definition) is 7. The smallest absolute Gasteiger partial charge is 0.203 e. The molecule has 0 atom stereocenters. The van der Waals surface area contributed by atoms with Crippen LogP contribution >= 0.6 is 0 Å². The lowest BCUT2D eigenvalue weighted by Crippen LogP contribution is -2.00. The lowest BCUT2D eigenvalue weighted by Gasteiger charge is -2.13. The summed E-state index contributed by atoms with van der Waals surface area (Å²) in [4.78, 5) is 12.6. The number of rotatable bonds is 8.